The Morgan fingerprint density at radius 2 is 1.70 bits per heavy atom. The van der Waals surface area contributed by atoms with Crippen LogP contribution in [-0.2, 0) is 25.6 Å². The number of para-hydroxylation sites is 1. The number of amides is 3. The number of carbonyl (C=O) groups excluding carboxylic acids is 3. The average molecular weight is 517 g/mol. The van der Waals surface area contributed by atoms with Crippen LogP contribution in [0.15, 0.2) is 30.5 Å². The number of aromatic nitrogens is 1. The maximum atomic E-state index is 13.5. The number of carboxylic acid groups (broad SMARTS) is 1. The lowest BCUT2D eigenvalue weighted by molar-refractivity contribution is -0.142. The molecule has 0 radical (unpaired) electrons. The fraction of sp³-hybridized carbons (Fsp3) is 0.538. The van der Waals surface area contributed by atoms with Gasteiger partial charge in [-0.15, -0.1) is 0 Å². The molecule has 5 atom stereocenters. The van der Waals surface area contributed by atoms with Crippen molar-refractivity contribution in [2.45, 2.75) is 77.0 Å². The minimum Gasteiger partial charge on any atom is -0.480 e. The summed E-state index contributed by atoms with van der Waals surface area (Å²) in [5.74, 6) is -3.10. The normalized spacial score (nSPS) is 15.3. The van der Waals surface area contributed by atoms with E-state index in [9.17, 15) is 19.2 Å². The zero-order valence-electron chi connectivity index (χ0n) is 21.8. The van der Waals surface area contributed by atoms with E-state index in [-0.39, 0.29) is 12.3 Å². The number of H-pyrrole nitrogens is 1. The molecule has 1 heterocycles. The molecule has 37 heavy (non-hydrogen) atoms. The Morgan fingerprint density at radius 3 is 2.35 bits per heavy atom. The van der Waals surface area contributed by atoms with E-state index in [1.807, 2.05) is 31.2 Å². The average Bonchev–Trinajstić information content (AvgIpc) is 3.28. The first-order chi connectivity index (χ1) is 17.6. The van der Waals surface area contributed by atoms with Crippen LogP contribution in [0.1, 0.15) is 52.0 Å². The number of nitrogens with two attached hydrogens (primary N) is 2. The van der Waals surface area contributed by atoms with Gasteiger partial charge in [-0.3, -0.25) is 19.2 Å². The van der Waals surface area contributed by atoms with Crippen LogP contribution in [0.5, 0.6) is 0 Å². The Hall–Kier alpha value is -3.44. The number of rotatable bonds is 15. The second kappa shape index (κ2) is 14.3. The van der Waals surface area contributed by atoms with Crippen LogP contribution in [0.2, 0.25) is 0 Å². The molecular weight excluding hydrogens is 476 g/mol. The van der Waals surface area contributed by atoms with Crippen LogP contribution in [0.25, 0.3) is 10.9 Å². The molecule has 11 nitrogen and oxygen atoms in total. The summed E-state index contributed by atoms with van der Waals surface area (Å²) in [4.78, 5) is 53.6. The molecule has 0 fully saturated rings. The number of hydrogen-bond acceptors (Lipinski definition) is 6. The molecule has 3 amide bonds. The van der Waals surface area contributed by atoms with E-state index in [0.717, 1.165) is 22.9 Å². The number of fused-ring (bicyclic) bond motifs is 1. The van der Waals surface area contributed by atoms with Crippen molar-refractivity contribution >= 4 is 34.6 Å². The van der Waals surface area contributed by atoms with Crippen molar-refractivity contribution in [2.75, 3.05) is 6.54 Å². The van der Waals surface area contributed by atoms with Crippen LogP contribution in [0.4, 0.5) is 0 Å². The Balaban J connectivity index is 2.27. The summed E-state index contributed by atoms with van der Waals surface area (Å²) in [6.07, 6.45) is 4.35. The van der Waals surface area contributed by atoms with Gasteiger partial charge in [-0.2, -0.15) is 0 Å². The van der Waals surface area contributed by atoms with Gasteiger partial charge in [0, 0.05) is 23.5 Å². The van der Waals surface area contributed by atoms with E-state index in [0.29, 0.717) is 25.8 Å². The molecule has 0 saturated carbocycles. The molecule has 11 heteroatoms. The Labute approximate surface area is 217 Å². The Bertz CT molecular complexity index is 1070. The van der Waals surface area contributed by atoms with Crippen LogP contribution in [-0.4, -0.2) is 64.5 Å². The highest BCUT2D eigenvalue weighted by molar-refractivity contribution is 5.95. The minimum absolute atomic E-state index is 0.164. The number of benzene rings is 1. The van der Waals surface area contributed by atoms with Gasteiger partial charge >= 0.3 is 5.97 Å². The van der Waals surface area contributed by atoms with Crippen molar-refractivity contribution in [3.05, 3.63) is 36.0 Å². The molecule has 2 rings (SSSR count). The van der Waals surface area contributed by atoms with Gasteiger partial charge in [0.2, 0.25) is 17.7 Å². The fourth-order valence-electron chi connectivity index (χ4n) is 3.97. The third-order valence-corrected chi connectivity index (χ3v) is 6.56. The second-order valence-electron chi connectivity index (χ2n) is 9.46. The van der Waals surface area contributed by atoms with Crippen molar-refractivity contribution in [2.24, 2.45) is 17.4 Å². The molecule has 0 aliphatic rings. The number of carboxylic acids is 1. The van der Waals surface area contributed by atoms with Gasteiger partial charge in [-0.25, -0.2) is 0 Å². The number of aliphatic carboxylic acids is 1. The van der Waals surface area contributed by atoms with Crippen molar-refractivity contribution in [1.82, 2.24) is 20.9 Å². The van der Waals surface area contributed by atoms with Crippen molar-refractivity contribution in [3.8, 4) is 0 Å². The lowest BCUT2D eigenvalue weighted by Crippen LogP contribution is -2.58. The summed E-state index contributed by atoms with van der Waals surface area (Å²) in [6.45, 7) is 5.50. The first-order valence-electron chi connectivity index (χ1n) is 12.7. The lowest BCUT2D eigenvalue weighted by Gasteiger charge is -2.27. The standard InChI is InChI=1S/C26H40N6O5/c1-4-15(2)22(25(35)30-16(3)26(36)37)32-24(34)21(31-23(33)19(28)10-7-8-12-27)13-17-14-29-20-11-6-5-9-18(17)20/h5-6,9,11,14-16,19,21-22,29H,4,7-8,10,12-13,27-28H2,1-3H3,(H,30,35)(H,31,33)(H,32,34)(H,36,37). The predicted molar refractivity (Wildman–Crippen MR) is 141 cm³/mol. The Kier molecular flexibility index (Phi) is 11.5. The smallest absolute Gasteiger partial charge is 0.325 e. The molecule has 0 aliphatic carbocycles. The zero-order valence-corrected chi connectivity index (χ0v) is 21.8. The third-order valence-electron chi connectivity index (χ3n) is 6.56. The largest absolute Gasteiger partial charge is 0.480 e. The van der Waals surface area contributed by atoms with Gasteiger partial charge in [-0.05, 0) is 43.9 Å². The van der Waals surface area contributed by atoms with E-state index in [1.54, 1.807) is 13.1 Å². The highest BCUT2D eigenvalue weighted by atomic mass is 16.4. The van der Waals surface area contributed by atoms with Gasteiger partial charge in [-0.1, -0.05) is 44.9 Å². The van der Waals surface area contributed by atoms with Gasteiger partial charge in [0.05, 0.1) is 6.04 Å². The predicted octanol–water partition coefficient (Wildman–Crippen LogP) is 0.772. The van der Waals surface area contributed by atoms with Crippen molar-refractivity contribution in [3.63, 3.8) is 0 Å². The third kappa shape index (κ3) is 8.57. The van der Waals surface area contributed by atoms with E-state index in [4.69, 9.17) is 16.6 Å². The van der Waals surface area contributed by atoms with Crippen LogP contribution < -0.4 is 27.4 Å². The molecule has 0 spiro atoms. The number of nitrogens with one attached hydrogen (secondary N) is 4. The number of carbonyl (C=O) groups is 4. The molecule has 5 unspecified atom stereocenters. The molecule has 2 aromatic rings. The fourth-order valence-corrected chi connectivity index (χ4v) is 3.97. The Morgan fingerprint density at radius 1 is 1.00 bits per heavy atom. The molecule has 0 saturated heterocycles. The zero-order chi connectivity index (χ0) is 27.5. The van der Waals surface area contributed by atoms with E-state index < -0.39 is 47.9 Å². The van der Waals surface area contributed by atoms with Crippen LogP contribution in [0.3, 0.4) is 0 Å². The van der Waals surface area contributed by atoms with Gasteiger partial charge in [0.15, 0.2) is 0 Å². The van der Waals surface area contributed by atoms with Crippen molar-refractivity contribution in [1.29, 1.82) is 0 Å². The molecule has 1 aromatic carbocycles. The maximum Gasteiger partial charge on any atom is 0.325 e. The molecule has 1 aromatic heterocycles. The number of aromatic amines is 1. The minimum atomic E-state index is -1.18. The summed E-state index contributed by atoms with van der Waals surface area (Å²) in [7, 11) is 0. The number of hydrogen-bond donors (Lipinski definition) is 7. The van der Waals surface area contributed by atoms with Gasteiger partial charge in [0.25, 0.3) is 0 Å². The molecule has 0 aliphatic heterocycles. The number of unbranched alkanes of at least 4 members (excludes halogenated alkanes) is 1. The van der Waals surface area contributed by atoms with Crippen LogP contribution in [0, 0.1) is 5.92 Å². The topological polar surface area (TPSA) is 192 Å². The highest BCUT2D eigenvalue weighted by Crippen LogP contribution is 2.19. The summed E-state index contributed by atoms with van der Waals surface area (Å²) >= 11 is 0. The van der Waals surface area contributed by atoms with Gasteiger partial charge < -0.3 is 37.5 Å². The first-order valence-corrected chi connectivity index (χ1v) is 12.7. The highest BCUT2D eigenvalue weighted by Gasteiger charge is 2.32. The van der Waals surface area contributed by atoms with Crippen LogP contribution >= 0.6 is 0 Å². The molecule has 0 bridgehead atoms. The molecule has 9 N–H and O–H groups in total. The summed E-state index contributed by atoms with van der Waals surface area (Å²) in [5.41, 5.74) is 13.3. The van der Waals surface area contributed by atoms with E-state index in [1.165, 1.54) is 6.92 Å². The SMILES string of the molecule is CCC(C)C(NC(=O)C(Cc1c[nH]c2ccccc12)NC(=O)C(N)CCCCN)C(=O)NC(C)C(=O)O. The summed E-state index contributed by atoms with van der Waals surface area (Å²) < 4.78 is 0. The summed E-state index contributed by atoms with van der Waals surface area (Å²) in [6, 6.07) is 3.67. The molecule has 204 valence electrons. The van der Waals surface area contributed by atoms with Gasteiger partial charge in [0.1, 0.15) is 18.1 Å². The quantitative estimate of drug-likeness (QED) is 0.170. The lowest BCUT2D eigenvalue weighted by atomic mass is 9.96. The first kappa shape index (κ1) is 29.8. The van der Waals surface area contributed by atoms with Crippen molar-refractivity contribution < 1.29 is 24.3 Å². The van der Waals surface area contributed by atoms with E-state index >= 15 is 0 Å². The molecular formula is C26H40N6O5. The monoisotopic (exact) mass is 516 g/mol. The summed E-state index contributed by atoms with van der Waals surface area (Å²) in [5, 5.41) is 18.0. The van der Waals surface area contributed by atoms with E-state index in [2.05, 4.69) is 20.9 Å². The maximum absolute atomic E-state index is 13.5. The second-order valence-corrected chi connectivity index (χ2v) is 9.46.